The van der Waals surface area contributed by atoms with Crippen molar-refractivity contribution in [2.75, 3.05) is 5.32 Å². The van der Waals surface area contributed by atoms with Gasteiger partial charge < -0.3 is 11.1 Å². The molecule has 1 amide bonds. The topological polar surface area (TPSA) is 55.1 Å². The van der Waals surface area contributed by atoms with Crippen LogP contribution in [0.2, 0.25) is 0 Å². The van der Waals surface area contributed by atoms with E-state index in [9.17, 15) is 13.6 Å². The quantitative estimate of drug-likeness (QED) is 0.874. The second-order valence-corrected chi connectivity index (χ2v) is 4.99. The monoisotopic (exact) mass is 278 g/mol. The van der Waals surface area contributed by atoms with E-state index in [1.807, 2.05) is 20.8 Å². The van der Waals surface area contributed by atoms with Crippen molar-refractivity contribution >= 4 is 24.0 Å². The summed E-state index contributed by atoms with van der Waals surface area (Å²) in [6.07, 6.45) is 0. The standard InChI is InChI=1S/C12H16F2N2O.ClH/c1-12(2,3)10(15)11(17)16-9-5-7(13)4-8(14)6-9;/h4-6,10H,15H2,1-3H3,(H,16,17);1H/t10-;/m1./s1. The van der Waals surface area contributed by atoms with Crippen LogP contribution in [0.5, 0.6) is 0 Å². The SMILES string of the molecule is CC(C)(C)[C@H](N)C(=O)Nc1cc(F)cc(F)c1.Cl. The highest BCUT2D eigenvalue weighted by molar-refractivity contribution is 5.95. The lowest BCUT2D eigenvalue weighted by atomic mass is 9.87. The van der Waals surface area contributed by atoms with Gasteiger partial charge in [0.2, 0.25) is 5.91 Å². The van der Waals surface area contributed by atoms with Crippen molar-refractivity contribution in [2.45, 2.75) is 26.8 Å². The molecule has 0 aromatic heterocycles. The largest absolute Gasteiger partial charge is 0.325 e. The van der Waals surface area contributed by atoms with Crippen LogP contribution in [0.25, 0.3) is 0 Å². The number of carbonyl (C=O) groups is 1. The molecule has 0 aliphatic heterocycles. The lowest BCUT2D eigenvalue weighted by molar-refractivity contribution is -0.119. The van der Waals surface area contributed by atoms with Crippen LogP contribution in [0.1, 0.15) is 20.8 Å². The van der Waals surface area contributed by atoms with Crippen LogP contribution in [0, 0.1) is 17.0 Å². The minimum Gasteiger partial charge on any atom is -0.325 e. The number of halogens is 3. The van der Waals surface area contributed by atoms with Crippen LogP contribution in [-0.4, -0.2) is 11.9 Å². The fraction of sp³-hybridized carbons (Fsp3) is 0.417. The average molecular weight is 279 g/mol. The van der Waals surface area contributed by atoms with Crippen molar-refractivity contribution in [3.05, 3.63) is 29.8 Å². The first-order valence-corrected chi connectivity index (χ1v) is 5.22. The Labute approximate surface area is 111 Å². The van der Waals surface area contributed by atoms with E-state index in [1.165, 1.54) is 0 Å². The highest BCUT2D eigenvalue weighted by atomic mass is 35.5. The molecule has 0 aliphatic rings. The van der Waals surface area contributed by atoms with Gasteiger partial charge in [0.1, 0.15) is 11.6 Å². The van der Waals surface area contributed by atoms with Gasteiger partial charge in [0, 0.05) is 11.8 Å². The molecule has 0 spiro atoms. The number of anilines is 1. The third kappa shape index (κ3) is 4.58. The van der Waals surface area contributed by atoms with Gasteiger partial charge in [0.15, 0.2) is 0 Å². The van der Waals surface area contributed by atoms with Gasteiger partial charge in [0.25, 0.3) is 0 Å². The molecule has 102 valence electrons. The molecule has 0 saturated carbocycles. The minimum atomic E-state index is -0.756. The third-order valence-electron chi connectivity index (χ3n) is 2.35. The van der Waals surface area contributed by atoms with Gasteiger partial charge in [-0.1, -0.05) is 20.8 Å². The molecule has 0 unspecified atom stereocenters. The maximum atomic E-state index is 12.9. The second kappa shape index (κ2) is 6.11. The average Bonchev–Trinajstić information content (AvgIpc) is 2.13. The van der Waals surface area contributed by atoms with Gasteiger partial charge >= 0.3 is 0 Å². The number of benzene rings is 1. The number of hydrogen-bond acceptors (Lipinski definition) is 2. The molecule has 3 N–H and O–H groups in total. The third-order valence-corrected chi connectivity index (χ3v) is 2.35. The van der Waals surface area contributed by atoms with E-state index >= 15 is 0 Å². The summed E-state index contributed by atoms with van der Waals surface area (Å²) in [4.78, 5) is 11.7. The van der Waals surface area contributed by atoms with Gasteiger partial charge in [0.05, 0.1) is 6.04 Å². The van der Waals surface area contributed by atoms with E-state index in [4.69, 9.17) is 5.73 Å². The number of rotatable bonds is 2. The first-order chi connectivity index (χ1) is 7.70. The maximum absolute atomic E-state index is 12.9. The number of nitrogens with one attached hydrogen (secondary N) is 1. The number of hydrogen-bond donors (Lipinski definition) is 2. The van der Waals surface area contributed by atoms with E-state index in [-0.39, 0.29) is 18.1 Å². The zero-order valence-corrected chi connectivity index (χ0v) is 11.3. The van der Waals surface area contributed by atoms with Gasteiger partial charge in [-0.05, 0) is 17.5 Å². The molecule has 1 atom stereocenters. The molecule has 6 heteroatoms. The smallest absolute Gasteiger partial charge is 0.241 e. The van der Waals surface area contributed by atoms with Gasteiger partial charge in [-0.3, -0.25) is 4.79 Å². The Balaban J connectivity index is 0.00000289. The molecule has 1 aromatic carbocycles. The molecule has 0 saturated heterocycles. The normalized spacial score (nSPS) is 12.6. The van der Waals surface area contributed by atoms with E-state index < -0.39 is 29.0 Å². The van der Waals surface area contributed by atoms with Crippen molar-refractivity contribution < 1.29 is 13.6 Å². The summed E-state index contributed by atoms with van der Waals surface area (Å²) in [6.45, 7) is 5.43. The molecule has 0 heterocycles. The van der Waals surface area contributed by atoms with Gasteiger partial charge in [-0.2, -0.15) is 0 Å². The highest BCUT2D eigenvalue weighted by Gasteiger charge is 2.27. The van der Waals surface area contributed by atoms with Crippen molar-refractivity contribution in [1.29, 1.82) is 0 Å². The molecule has 18 heavy (non-hydrogen) atoms. The molecule has 1 rings (SSSR count). The van der Waals surface area contributed by atoms with Crippen LogP contribution in [-0.2, 0) is 4.79 Å². The first-order valence-electron chi connectivity index (χ1n) is 5.22. The zero-order chi connectivity index (χ0) is 13.2. The van der Waals surface area contributed by atoms with Crippen LogP contribution in [0.4, 0.5) is 14.5 Å². The lowest BCUT2D eigenvalue weighted by Gasteiger charge is -2.25. The van der Waals surface area contributed by atoms with Crippen molar-refractivity contribution in [1.82, 2.24) is 0 Å². The van der Waals surface area contributed by atoms with E-state index in [0.29, 0.717) is 0 Å². The lowest BCUT2D eigenvalue weighted by Crippen LogP contribution is -2.45. The Morgan fingerprint density at radius 2 is 1.67 bits per heavy atom. The van der Waals surface area contributed by atoms with Gasteiger partial charge in [-0.25, -0.2) is 8.78 Å². The van der Waals surface area contributed by atoms with Crippen molar-refractivity contribution in [2.24, 2.45) is 11.1 Å². The molecular formula is C12H17ClF2N2O. The fourth-order valence-corrected chi connectivity index (χ4v) is 1.24. The summed E-state index contributed by atoms with van der Waals surface area (Å²) in [5.74, 6) is -1.96. The molecule has 1 aromatic rings. The Hall–Kier alpha value is -1.20. The second-order valence-electron chi connectivity index (χ2n) is 4.99. The van der Waals surface area contributed by atoms with E-state index in [1.54, 1.807) is 0 Å². The molecule has 3 nitrogen and oxygen atoms in total. The minimum absolute atomic E-state index is 0. The summed E-state index contributed by atoms with van der Waals surface area (Å²) in [6, 6.07) is 2.06. The van der Waals surface area contributed by atoms with Gasteiger partial charge in [-0.15, -0.1) is 12.4 Å². The molecular weight excluding hydrogens is 262 g/mol. The number of nitrogens with two attached hydrogens (primary N) is 1. The molecule has 0 fully saturated rings. The summed E-state index contributed by atoms with van der Waals surface area (Å²) in [7, 11) is 0. The Bertz CT molecular complexity index is 412. The fourth-order valence-electron chi connectivity index (χ4n) is 1.24. The predicted molar refractivity (Wildman–Crippen MR) is 69.7 cm³/mol. The van der Waals surface area contributed by atoms with Crippen LogP contribution < -0.4 is 11.1 Å². The van der Waals surface area contributed by atoms with Crippen molar-refractivity contribution in [3.8, 4) is 0 Å². The summed E-state index contributed by atoms with van der Waals surface area (Å²) < 4.78 is 25.8. The number of carbonyl (C=O) groups excluding carboxylic acids is 1. The zero-order valence-electron chi connectivity index (χ0n) is 10.5. The van der Waals surface area contributed by atoms with Crippen LogP contribution >= 0.6 is 12.4 Å². The Morgan fingerprint density at radius 1 is 1.22 bits per heavy atom. The molecule has 0 bridgehead atoms. The summed E-state index contributed by atoms with van der Waals surface area (Å²) in [5, 5.41) is 2.39. The van der Waals surface area contributed by atoms with E-state index in [0.717, 1.165) is 18.2 Å². The summed E-state index contributed by atoms with van der Waals surface area (Å²) >= 11 is 0. The molecule has 0 aliphatic carbocycles. The van der Waals surface area contributed by atoms with E-state index in [2.05, 4.69) is 5.32 Å². The van der Waals surface area contributed by atoms with Crippen LogP contribution in [0.15, 0.2) is 18.2 Å². The Kier molecular flexibility index (Phi) is 5.70. The van der Waals surface area contributed by atoms with Crippen LogP contribution in [0.3, 0.4) is 0 Å². The highest BCUT2D eigenvalue weighted by Crippen LogP contribution is 2.19. The molecule has 0 radical (unpaired) electrons. The Morgan fingerprint density at radius 3 is 2.06 bits per heavy atom. The predicted octanol–water partition coefficient (Wildman–Crippen LogP) is 2.70. The number of amides is 1. The maximum Gasteiger partial charge on any atom is 0.241 e. The summed E-state index contributed by atoms with van der Waals surface area (Å²) in [5.41, 5.74) is 5.36. The van der Waals surface area contributed by atoms with Crippen molar-refractivity contribution in [3.63, 3.8) is 0 Å². The first kappa shape index (κ1) is 16.8.